The lowest BCUT2D eigenvalue weighted by Gasteiger charge is -2.21. The number of likely N-dealkylation sites (N-methyl/N-ethyl adjacent to an activating group) is 1. The summed E-state index contributed by atoms with van der Waals surface area (Å²) >= 11 is 6.35. The fraction of sp³-hybridized carbons (Fsp3) is 0.115. The van der Waals surface area contributed by atoms with Crippen molar-refractivity contribution in [1.82, 2.24) is 4.98 Å². The normalized spacial score (nSPS) is 10.7. The summed E-state index contributed by atoms with van der Waals surface area (Å²) in [5, 5.41) is 1.18. The molecule has 0 aliphatic heterocycles. The summed E-state index contributed by atoms with van der Waals surface area (Å²) in [6.07, 6.45) is 0. The molecule has 0 bridgehead atoms. The molecule has 0 saturated heterocycles. The molecule has 0 unspecified atom stereocenters. The second-order valence-electron chi connectivity index (χ2n) is 7.10. The maximum absolute atomic E-state index is 13.0. The van der Waals surface area contributed by atoms with Gasteiger partial charge in [0.15, 0.2) is 6.61 Å². The van der Waals surface area contributed by atoms with E-state index in [-0.39, 0.29) is 12.5 Å². The number of esters is 1. The van der Waals surface area contributed by atoms with Crippen LogP contribution in [0.2, 0.25) is 5.02 Å². The molecule has 1 amide bonds. The number of anilines is 1. The van der Waals surface area contributed by atoms with Crippen molar-refractivity contribution in [3.05, 3.63) is 95.5 Å². The zero-order valence-electron chi connectivity index (χ0n) is 17.5. The van der Waals surface area contributed by atoms with Gasteiger partial charge in [-0.25, -0.2) is 9.78 Å². The van der Waals surface area contributed by atoms with Crippen LogP contribution in [0, 0.1) is 0 Å². The molecule has 0 atom stereocenters. The summed E-state index contributed by atoms with van der Waals surface area (Å²) < 4.78 is 5.43. The van der Waals surface area contributed by atoms with Crippen LogP contribution in [-0.4, -0.2) is 30.0 Å². The maximum Gasteiger partial charge on any atom is 0.339 e. The SMILES string of the molecule is CCN(C(=O)COC(=O)c1cc(-c2ccccc2Cl)nc2ccccc12)c1ccccc1. The van der Waals surface area contributed by atoms with Crippen molar-refractivity contribution in [3.8, 4) is 11.3 Å². The summed E-state index contributed by atoms with van der Waals surface area (Å²) in [7, 11) is 0. The summed E-state index contributed by atoms with van der Waals surface area (Å²) in [5.41, 5.74) is 3.01. The number of benzene rings is 3. The molecule has 0 aliphatic rings. The Morgan fingerprint density at radius 1 is 0.938 bits per heavy atom. The Balaban J connectivity index is 1.62. The number of carbonyl (C=O) groups is 2. The number of hydrogen-bond acceptors (Lipinski definition) is 4. The van der Waals surface area contributed by atoms with Crippen molar-refractivity contribution in [2.24, 2.45) is 0 Å². The monoisotopic (exact) mass is 444 g/mol. The standard InChI is InChI=1S/C26H21ClN2O3/c1-2-29(18-10-4-3-5-11-18)25(30)17-32-26(31)21-16-24(20-13-6-8-14-22(20)27)28-23-15-9-7-12-19(21)23/h3-16H,2,17H2,1H3. The molecule has 4 aromatic rings. The molecule has 6 heteroatoms. The molecule has 160 valence electrons. The van der Waals surface area contributed by atoms with Gasteiger partial charge in [-0.2, -0.15) is 0 Å². The average molecular weight is 445 g/mol. The average Bonchev–Trinajstić information content (AvgIpc) is 2.83. The van der Waals surface area contributed by atoms with Crippen LogP contribution in [0.4, 0.5) is 5.69 Å². The molecule has 0 radical (unpaired) electrons. The Kier molecular flexibility index (Phi) is 6.47. The minimum Gasteiger partial charge on any atom is -0.452 e. The van der Waals surface area contributed by atoms with Gasteiger partial charge in [-0.3, -0.25) is 4.79 Å². The van der Waals surface area contributed by atoms with Crippen LogP contribution in [0.25, 0.3) is 22.2 Å². The van der Waals surface area contributed by atoms with Gasteiger partial charge >= 0.3 is 5.97 Å². The van der Waals surface area contributed by atoms with Crippen LogP contribution >= 0.6 is 11.6 Å². The third kappa shape index (κ3) is 4.48. The van der Waals surface area contributed by atoms with Gasteiger partial charge in [0.25, 0.3) is 5.91 Å². The quantitative estimate of drug-likeness (QED) is 0.354. The first-order valence-corrected chi connectivity index (χ1v) is 10.6. The molecule has 1 heterocycles. The van der Waals surface area contributed by atoms with Crippen LogP contribution in [0.5, 0.6) is 0 Å². The number of carbonyl (C=O) groups excluding carboxylic acids is 2. The van der Waals surface area contributed by atoms with Crippen LogP contribution in [0.3, 0.4) is 0 Å². The minimum atomic E-state index is -0.589. The predicted octanol–water partition coefficient (Wildman–Crippen LogP) is 5.77. The van der Waals surface area contributed by atoms with Gasteiger partial charge < -0.3 is 9.64 Å². The molecule has 0 aliphatic carbocycles. The Labute approximate surface area is 191 Å². The van der Waals surface area contributed by atoms with Gasteiger partial charge in [0.1, 0.15) is 0 Å². The number of pyridine rings is 1. The van der Waals surface area contributed by atoms with Gasteiger partial charge in [0.05, 0.1) is 16.8 Å². The van der Waals surface area contributed by atoms with E-state index < -0.39 is 5.97 Å². The number of para-hydroxylation sites is 2. The molecule has 32 heavy (non-hydrogen) atoms. The van der Waals surface area contributed by atoms with Crippen LogP contribution in [0.15, 0.2) is 84.9 Å². The summed E-state index contributed by atoms with van der Waals surface area (Å²) in [5.74, 6) is -0.883. The largest absolute Gasteiger partial charge is 0.452 e. The molecular weight excluding hydrogens is 424 g/mol. The molecule has 0 fully saturated rings. The Hall–Kier alpha value is -3.70. The van der Waals surface area contributed by atoms with E-state index in [4.69, 9.17) is 16.3 Å². The summed E-state index contributed by atoms with van der Waals surface area (Å²) in [6, 6.07) is 25.6. The number of nitrogens with zero attached hydrogens (tertiary/aromatic N) is 2. The number of rotatable bonds is 6. The van der Waals surface area contributed by atoms with Crippen molar-refractivity contribution in [3.63, 3.8) is 0 Å². The minimum absolute atomic E-state index is 0.295. The Morgan fingerprint density at radius 3 is 2.38 bits per heavy atom. The lowest BCUT2D eigenvalue weighted by atomic mass is 10.0. The number of ether oxygens (including phenoxy) is 1. The van der Waals surface area contributed by atoms with Crippen molar-refractivity contribution in [1.29, 1.82) is 0 Å². The van der Waals surface area contributed by atoms with E-state index in [1.165, 1.54) is 0 Å². The predicted molar refractivity (Wildman–Crippen MR) is 127 cm³/mol. The lowest BCUT2D eigenvalue weighted by Crippen LogP contribution is -2.34. The number of fused-ring (bicyclic) bond motifs is 1. The molecule has 3 aromatic carbocycles. The van der Waals surface area contributed by atoms with Crippen LogP contribution in [0.1, 0.15) is 17.3 Å². The van der Waals surface area contributed by atoms with Crippen molar-refractivity contribution in [2.45, 2.75) is 6.92 Å². The maximum atomic E-state index is 13.0. The molecular formula is C26H21ClN2O3. The van der Waals surface area contributed by atoms with Gasteiger partial charge in [0.2, 0.25) is 0 Å². The van der Waals surface area contributed by atoms with E-state index in [9.17, 15) is 9.59 Å². The zero-order chi connectivity index (χ0) is 22.5. The molecule has 0 spiro atoms. The van der Waals surface area contributed by atoms with Gasteiger partial charge in [-0.05, 0) is 37.3 Å². The first kappa shape index (κ1) is 21.5. The van der Waals surface area contributed by atoms with Crippen molar-refractivity contribution >= 4 is 40.1 Å². The van der Waals surface area contributed by atoms with E-state index in [0.29, 0.717) is 39.3 Å². The van der Waals surface area contributed by atoms with Gasteiger partial charge in [0, 0.05) is 28.2 Å². The van der Waals surface area contributed by atoms with Gasteiger partial charge in [-0.1, -0.05) is 66.2 Å². The van der Waals surface area contributed by atoms with E-state index in [0.717, 1.165) is 5.69 Å². The molecule has 0 N–H and O–H groups in total. The topological polar surface area (TPSA) is 59.5 Å². The highest BCUT2D eigenvalue weighted by Gasteiger charge is 2.20. The number of amides is 1. The third-order valence-electron chi connectivity index (χ3n) is 5.10. The van der Waals surface area contributed by atoms with E-state index in [1.54, 1.807) is 23.1 Å². The van der Waals surface area contributed by atoms with E-state index in [2.05, 4.69) is 4.98 Å². The zero-order valence-corrected chi connectivity index (χ0v) is 18.3. The second kappa shape index (κ2) is 9.62. The van der Waals surface area contributed by atoms with E-state index in [1.807, 2.05) is 73.7 Å². The highest BCUT2D eigenvalue weighted by molar-refractivity contribution is 6.33. The van der Waals surface area contributed by atoms with Crippen LogP contribution in [-0.2, 0) is 9.53 Å². The molecule has 4 rings (SSSR count). The number of aromatic nitrogens is 1. The number of halogens is 1. The highest BCUT2D eigenvalue weighted by Crippen LogP contribution is 2.30. The second-order valence-corrected chi connectivity index (χ2v) is 7.51. The van der Waals surface area contributed by atoms with Crippen LogP contribution < -0.4 is 4.90 Å². The van der Waals surface area contributed by atoms with Crippen molar-refractivity contribution < 1.29 is 14.3 Å². The molecule has 0 saturated carbocycles. The molecule has 1 aromatic heterocycles. The Bertz CT molecular complexity index is 1270. The lowest BCUT2D eigenvalue weighted by molar-refractivity contribution is -0.121. The molecule has 5 nitrogen and oxygen atoms in total. The fourth-order valence-corrected chi connectivity index (χ4v) is 3.78. The first-order chi connectivity index (χ1) is 15.6. The van der Waals surface area contributed by atoms with E-state index >= 15 is 0 Å². The van der Waals surface area contributed by atoms with Crippen molar-refractivity contribution in [2.75, 3.05) is 18.1 Å². The Morgan fingerprint density at radius 2 is 1.62 bits per heavy atom. The number of hydrogen-bond donors (Lipinski definition) is 0. The third-order valence-corrected chi connectivity index (χ3v) is 5.43. The summed E-state index contributed by atoms with van der Waals surface area (Å²) in [6.45, 7) is 1.98. The smallest absolute Gasteiger partial charge is 0.339 e. The van der Waals surface area contributed by atoms with Gasteiger partial charge in [-0.15, -0.1) is 0 Å². The first-order valence-electron chi connectivity index (χ1n) is 10.3. The summed E-state index contributed by atoms with van der Waals surface area (Å²) in [4.78, 5) is 32.0. The fourth-order valence-electron chi connectivity index (χ4n) is 3.55. The highest BCUT2D eigenvalue weighted by atomic mass is 35.5.